The highest BCUT2D eigenvalue weighted by atomic mass is 32.1. The Hall–Kier alpha value is -2.62. The molecule has 108 valence electrons. The van der Waals surface area contributed by atoms with E-state index in [1.807, 2.05) is 0 Å². The predicted molar refractivity (Wildman–Crippen MR) is 70.8 cm³/mol. The summed E-state index contributed by atoms with van der Waals surface area (Å²) in [6, 6.07) is 2.02. The standard InChI is InChI=1S/C11H7FN4O4S/c1-5-13-10(14-20-5)4-15-8-3-7(16(18)19)6(12)2-9(8)21-11(15)17/h2-3H,4H2,1H3. The highest BCUT2D eigenvalue weighted by Gasteiger charge is 2.19. The van der Waals surface area contributed by atoms with Crippen LogP contribution < -0.4 is 4.87 Å². The summed E-state index contributed by atoms with van der Waals surface area (Å²) < 4.78 is 19.9. The minimum Gasteiger partial charge on any atom is -0.340 e. The lowest BCUT2D eigenvalue weighted by molar-refractivity contribution is -0.387. The number of halogens is 1. The number of hydrogen-bond acceptors (Lipinski definition) is 7. The minimum atomic E-state index is -0.976. The summed E-state index contributed by atoms with van der Waals surface area (Å²) in [5.74, 6) is -0.368. The van der Waals surface area contributed by atoms with E-state index < -0.39 is 16.4 Å². The van der Waals surface area contributed by atoms with E-state index in [2.05, 4.69) is 10.1 Å². The molecule has 21 heavy (non-hydrogen) atoms. The summed E-state index contributed by atoms with van der Waals surface area (Å²) >= 11 is 0.798. The third kappa shape index (κ3) is 2.29. The number of fused-ring (bicyclic) bond motifs is 1. The van der Waals surface area contributed by atoms with Crippen LogP contribution >= 0.6 is 11.3 Å². The molecule has 1 aromatic carbocycles. The van der Waals surface area contributed by atoms with Gasteiger partial charge in [-0.05, 0) is 0 Å². The fourth-order valence-corrected chi connectivity index (χ4v) is 2.81. The number of nitro groups is 1. The highest BCUT2D eigenvalue weighted by molar-refractivity contribution is 7.16. The van der Waals surface area contributed by atoms with E-state index in [0.717, 1.165) is 23.5 Å². The Morgan fingerprint density at radius 2 is 2.29 bits per heavy atom. The summed E-state index contributed by atoms with van der Waals surface area (Å²) in [6.45, 7) is 1.60. The Morgan fingerprint density at radius 3 is 2.90 bits per heavy atom. The molecule has 8 nitrogen and oxygen atoms in total. The molecule has 0 bridgehead atoms. The first-order valence-corrected chi connectivity index (χ1v) is 6.54. The maximum absolute atomic E-state index is 13.6. The highest BCUT2D eigenvalue weighted by Crippen LogP contribution is 2.26. The normalized spacial score (nSPS) is 11.1. The molecule has 0 N–H and O–H groups in total. The fraction of sp³-hybridized carbons (Fsp3) is 0.182. The second-order valence-electron chi connectivity index (χ2n) is 4.21. The molecule has 0 spiro atoms. The molecule has 0 unspecified atom stereocenters. The van der Waals surface area contributed by atoms with E-state index in [9.17, 15) is 19.3 Å². The molecule has 0 radical (unpaired) electrons. The number of aryl methyl sites for hydroxylation is 1. The monoisotopic (exact) mass is 310 g/mol. The second-order valence-corrected chi connectivity index (χ2v) is 5.21. The van der Waals surface area contributed by atoms with Crippen molar-refractivity contribution in [2.24, 2.45) is 0 Å². The number of hydrogen-bond donors (Lipinski definition) is 0. The number of rotatable bonds is 3. The maximum atomic E-state index is 13.6. The number of nitrogens with zero attached hydrogens (tertiary/aromatic N) is 4. The molecule has 0 aliphatic heterocycles. The van der Waals surface area contributed by atoms with Crippen LogP contribution in [0.1, 0.15) is 11.7 Å². The van der Waals surface area contributed by atoms with Crippen LogP contribution in [0.25, 0.3) is 10.2 Å². The lowest BCUT2D eigenvalue weighted by Gasteiger charge is -2.00. The molecule has 2 aromatic heterocycles. The van der Waals surface area contributed by atoms with Crippen molar-refractivity contribution in [1.29, 1.82) is 0 Å². The average Bonchev–Trinajstić information content (AvgIpc) is 2.93. The third-order valence-corrected chi connectivity index (χ3v) is 3.74. The zero-order chi connectivity index (χ0) is 15.1. The number of nitro benzene ring substituents is 1. The summed E-state index contributed by atoms with van der Waals surface area (Å²) in [5, 5.41) is 14.5. The van der Waals surface area contributed by atoms with E-state index in [-0.39, 0.29) is 22.8 Å². The predicted octanol–water partition coefficient (Wildman–Crippen LogP) is 1.85. The molecule has 0 saturated heterocycles. The van der Waals surface area contributed by atoms with Crippen molar-refractivity contribution < 1.29 is 13.8 Å². The molecule has 0 fully saturated rings. The van der Waals surface area contributed by atoms with Gasteiger partial charge < -0.3 is 4.52 Å². The molecule has 0 atom stereocenters. The van der Waals surface area contributed by atoms with Crippen molar-refractivity contribution in [2.45, 2.75) is 13.5 Å². The van der Waals surface area contributed by atoms with Crippen molar-refractivity contribution in [1.82, 2.24) is 14.7 Å². The Balaban J connectivity index is 2.17. The molecule has 0 aliphatic carbocycles. The van der Waals surface area contributed by atoms with Gasteiger partial charge in [0.15, 0.2) is 5.82 Å². The van der Waals surface area contributed by atoms with Crippen LogP contribution in [0.2, 0.25) is 0 Å². The van der Waals surface area contributed by atoms with Crippen LogP contribution in [0.15, 0.2) is 21.5 Å². The van der Waals surface area contributed by atoms with Gasteiger partial charge in [-0.1, -0.05) is 16.5 Å². The van der Waals surface area contributed by atoms with Gasteiger partial charge >= 0.3 is 10.6 Å². The minimum absolute atomic E-state index is 0.00103. The lowest BCUT2D eigenvalue weighted by atomic mass is 10.3. The Labute approximate surface area is 119 Å². The van der Waals surface area contributed by atoms with Gasteiger partial charge in [0.2, 0.25) is 11.7 Å². The van der Waals surface area contributed by atoms with Crippen LogP contribution in [-0.4, -0.2) is 19.6 Å². The molecule has 2 heterocycles. The van der Waals surface area contributed by atoms with Crippen LogP contribution in [0, 0.1) is 22.9 Å². The van der Waals surface area contributed by atoms with Gasteiger partial charge in [-0.2, -0.15) is 9.37 Å². The topological polar surface area (TPSA) is 104 Å². The molecular weight excluding hydrogens is 303 g/mol. The zero-order valence-electron chi connectivity index (χ0n) is 10.6. The molecule has 0 aliphatic rings. The van der Waals surface area contributed by atoms with E-state index in [0.29, 0.717) is 10.6 Å². The Kier molecular flexibility index (Phi) is 3.01. The van der Waals surface area contributed by atoms with E-state index in [1.54, 1.807) is 6.92 Å². The maximum Gasteiger partial charge on any atom is 0.308 e. The first kappa shape index (κ1) is 13.4. The van der Waals surface area contributed by atoms with Crippen LogP contribution in [-0.2, 0) is 6.54 Å². The molecule has 0 amide bonds. The van der Waals surface area contributed by atoms with Gasteiger partial charge in [-0.15, -0.1) is 0 Å². The SMILES string of the molecule is Cc1nc(Cn2c(=O)sc3cc(F)c([N+](=O)[O-])cc32)no1. The van der Waals surface area contributed by atoms with Crippen molar-refractivity contribution in [3.05, 3.63) is 49.4 Å². The van der Waals surface area contributed by atoms with Crippen LogP contribution in [0.4, 0.5) is 10.1 Å². The summed E-state index contributed by atoms with van der Waals surface area (Å²) in [6.07, 6.45) is 0. The van der Waals surface area contributed by atoms with Crippen molar-refractivity contribution in [3.8, 4) is 0 Å². The largest absolute Gasteiger partial charge is 0.340 e. The molecule has 3 rings (SSSR count). The summed E-state index contributed by atoms with van der Waals surface area (Å²) in [7, 11) is 0. The zero-order valence-corrected chi connectivity index (χ0v) is 11.4. The van der Waals surface area contributed by atoms with Crippen molar-refractivity contribution >= 4 is 27.2 Å². The summed E-state index contributed by atoms with van der Waals surface area (Å²) in [4.78, 5) is 25.5. The lowest BCUT2D eigenvalue weighted by Crippen LogP contribution is -2.14. The smallest absolute Gasteiger partial charge is 0.308 e. The van der Waals surface area contributed by atoms with E-state index in [4.69, 9.17) is 4.52 Å². The molecule has 10 heteroatoms. The average molecular weight is 310 g/mol. The van der Waals surface area contributed by atoms with Crippen LogP contribution in [0.5, 0.6) is 0 Å². The first-order valence-electron chi connectivity index (χ1n) is 5.72. The molecule has 0 saturated carbocycles. The third-order valence-electron chi connectivity index (χ3n) is 2.80. The van der Waals surface area contributed by atoms with E-state index in [1.165, 1.54) is 4.57 Å². The number of benzene rings is 1. The van der Waals surface area contributed by atoms with Gasteiger partial charge in [0.25, 0.3) is 0 Å². The van der Waals surface area contributed by atoms with Gasteiger partial charge in [-0.25, -0.2) is 0 Å². The fourth-order valence-electron chi connectivity index (χ4n) is 1.91. The molecule has 3 aromatic rings. The van der Waals surface area contributed by atoms with Gasteiger partial charge in [-0.3, -0.25) is 19.5 Å². The first-order chi connectivity index (χ1) is 9.95. The van der Waals surface area contributed by atoms with Gasteiger partial charge in [0, 0.05) is 19.1 Å². The quantitative estimate of drug-likeness (QED) is 0.540. The van der Waals surface area contributed by atoms with Gasteiger partial charge in [0.1, 0.15) is 0 Å². The number of thiazole rings is 1. The Bertz CT molecular complexity index is 913. The summed E-state index contributed by atoms with van der Waals surface area (Å²) in [5.41, 5.74) is -0.418. The van der Waals surface area contributed by atoms with Crippen molar-refractivity contribution in [2.75, 3.05) is 0 Å². The van der Waals surface area contributed by atoms with Crippen molar-refractivity contribution in [3.63, 3.8) is 0 Å². The van der Waals surface area contributed by atoms with Crippen LogP contribution in [0.3, 0.4) is 0 Å². The Morgan fingerprint density at radius 1 is 1.52 bits per heavy atom. The second kappa shape index (κ2) is 4.74. The van der Waals surface area contributed by atoms with Gasteiger partial charge in [0.05, 0.1) is 21.7 Å². The van der Waals surface area contributed by atoms with E-state index >= 15 is 0 Å². The molecular formula is C11H7FN4O4S. The number of aromatic nitrogens is 3.